The molecule has 122 valence electrons. The average molecular weight is 321 g/mol. The molecular weight excluding hydrogens is 302 g/mol. The molecule has 0 atom stereocenters. The standard InChI is InChI=1S/C18H19N5O/c1-3-4-14-9-16(24)23-18(21-14)15(10-19)17(22-23)20-11-13-7-5-12(2)6-8-13/h5-9,20,22H,3-4,11H2,1-2H3. The molecule has 2 heterocycles. The number of nitrogens with zero attached hydrogens (tertiary/aromatic N) is 3. The summed E-state index contributed by atoms with van der Waals surface area (Å²) in [5.74, 6) is 0.510. The highest BCUT2D eigenvalue weighted by Crippen LogP contribution is 2.18. The molecule has 0 aliphatic carbocycles. The first-order valence-electron chi connectivity index (χ1n) is 7.96. The zero-order valence-corrected chi connectivity index (χ0v) is 13.8. The smallest absolute Gasteiger partial charge is 0.272 e. The number of anilines is 1. The largest absolute Gasteiger partial charge is 0.365 e. The molecule has 3 rings (SSSR count). The summed E-state index contributed by atoms with van der Waals surface area (Å²) in [4.78, 5) is 16.7. The van der Waals surface area contributed by atoms with Gasteiger partial charge in [-0.1, -0.05) is 43.2 Å². The van der Waals surface area contributed by atoms with E-state index in [9.17, 15) is 10.1 Å². The van der Waals surface area contributed by atoms with Gasteiger partial charge < -0.3 is 5.32 Å². The van der Waals surface area contributed by atoms with Gasteiger partial charge in [0, 0.05) is 18.3 Å². The monoisotopic (exact) mass is 321 g/mol. The van der Waals surface area contributed by atoms with Crippen LogP contribution in [0.5, 0.6) is 0 Å². The molecule has 2 N–H and O–H groups in total. The van der Waals surface area contributed by atoms with E-state index in [-0.39, 0.29) is 5.56 Å². The lowest BCUT2D eigenvalue weighted by Crippen LogP contribution is -2.15. The van der Waals surface area contributed by atoms with E-state index < -0.39 is 0 Å². The van der Waals surface area contributed by atoms with E-state index in [0.717, 1.165) is 12.0 Å². The number of rotatable bonds is 5. The predicted molar refractivity (Wildman–Crippen MR) is 93.0 cm³/mol. The van der Waals surface area contributed by atoms with Crippen molar-refractivity contribution in [2.75, 3.05) is 5.32 Å². The highest BCUT2D eigenvalue weighted by Gasteiger charge is 2.15. The Kier molecular flexibility index (Phi) is 4.34. The molecule has 6 heteroatoms. The second kappa shape index (κ2) is 6.59. The van der Waals surface area contributed by atoms with E-state index in [1.807, 2.05) is 38.1 Å². The number of nitriles is 1. The number of benzene rings is 1. The zero-order chi connectivity index (χ0) is 17.1. The van der Waals surface area contributed by atoms with Gasteiger partial charge in [0.05, 0.1) is 0 Å². The second-order valence-electron chi connectivity index (χ2n) is 5.81. The van der Waals surface area contributed by atoms with E-state index in [1.165, 1.54) is 16.1 Å². The lowest BCUT2D eigenvalue weighted by Gasteiger charge is -2.04. The molecular formula is C18H19N5O. The van der Waals surface area contributed by atoms with E-state index in [0.29, 0.717) is 35.7 Å². The molecule has 1 aromatic carbocycles. The number of hydrogen-bond donors (Lipinski definition) is 2. The van der Waals surface area contributed by atoms with Gasteiger partial charge in [0.2, 0.25) is 0 Å². The number of fused-ring (bicyclic) bond motifs is 1. The number of aromatic amines is 1. The van der Waals surface area contributed by atoms with Crippen LogP contribution in [0, 0.1) is 18.3 Å². The summed E-state index contributed by atoms with van der Waals surface area (Å²) in [6.45, 7) is 4.62. The van der Waals surface area contributed by atoms with Crippen LogP contribution in [0.25, 0.3) is 5.65 Å². The van der Waals surface area contributed by atoms with Crippen LogP contribution in [0.15, 0.2) is 35.1 Å². The number of H-pyrrole nitrogens is 1. The average Bonchev–Trinajstić information content (AvgIpc) is 2.93. The van der Waals surface area contributed by atoms with Crippen molar-refractivity contribution in [1.29, 1.82) is 5.26 Å². The molecule has 0 unspecified atom stereocenters. The highest BCUT2D eigenvalue weighted by atomic mass is 16.1. The van der Waals surface area contributed by atoms with Crippen LogP contribution in [0.4, 0.5) is 5.82 Å². The molecule has 0 amide bonds. The molecule has 0 saturated carbocycles. The van der Waals surface area contributed by atoms with Crippen molar-refractivity contribution in [1.82, 2.24) is 14.6 Å². The van der Waals surface area contributed by atoms with E-state index in [4.69, 9.17) is 0 Å². The minimum absolute atomic E-state index is 0.205. The summed E-state index contributed by atoms with van der Waals surface area (Å²) < 4.78 is 1.31. The quantitative estimate of drug-likeness (QED) is 0.756. The lowest BCUT2D eigenvalue weighted by atomic mass is 10.1. The first-order chi connectivity index (χ1) is 11.6. The van der Waals surface area contributed by atoms with Crippen LogP contribution in [0.3, 0.4) is 0 Å². The highest BCUT2D eigenvalue weighted by molar-refractivity contribution is 5.67. The third-order valence-corrected chi connectivity index (χ3v) is 3.88. The van der Waals surface area contributed by atoms with Crippen LogP contribution >= 0.6 is 0 Å². The topological polar surface area (TPSA) is 86.0 Å². The molecule has 0 spiro atoms. The summed E-state index contributed by atoms with van der Waals surface area (Å²) in [6.07, 6.45) is 1.61. The van der Waals surface area contributed by atoms with Crippen molar-refractivity contribution in [2.24, 2.45) is 0 Å². The molecule has 24 heavy (non-hydrogen) atoms. The summed E-state index contributed by atoms with van der Waals surface area (Å²) in [5.41, 5.74) is 3.53. The minimum Gasteiger partial charge on any atom is -0.365 e. The Morgan fingerprint density at radius 2 is 2.08 bits per heavy atom. The Morgan fingerprint density at radius 1 is 1.33 bits per heavy atom. The normalized spacial score (nSPS) is 10.7. The van der Waals surface area contributed by atoms with Crippen LogP contribution in [-0.2, 0) is 13.0 Å². The summed E-state index contributed by atoms with van der Waals surface area (Å²) in [5, 5.41) is 15.6. The van der Waals surface area contributed by atoms with Gasteiger partial charge in [-0.2, -0.15) is 9.78 Å². The second-order valence-corrected chi connectivity index (χ2v) is 5.81. The Bertz CT molecular complexity index is 960. The third-order valence-electron chi connectivity index (χ3n) is 3.88. The third kappa shape index (κ3) is 3.01. The van der Waals surface area contributed by atoms with Gasteiger partial charge >= 0.3 is 0 Å². The predicted octanol–water partition coefficient (Wildman–Crippen LogP) is 2.77. The Balaban J connectivity index is 1.96. The molecule has 0 radical (unpaired) electrons. The van der Waals surface area contributed by atoms with Crippen molar-refractivity contribution < 1.29 is 0 Å². The van der Waals surface area contributed by atoms with Gasteiger partial charge in [0.15, 0.2) is 5.65 Å². The molecule has 3 aromatic rings. The maximum absolute atomic E-state index is 12.2. The van der Waals surface area contributed by atoms with Crippen molar-refractivity contribution in [2.45, 2.75) is 33.2 Å². The van der Waals surface area contributed by atoms with Crippen molar-refractivity contribution in [3.63, 3.8) is 0 Å². The van der Waals surface area contributed by atoms with Crippen LogP contribution < -0.4 is 10.9 Å². The van der Waals surface area contributed by atoms with E-state index in [2.05, 4.69) is 21.5 Å². The van der Waals surface area contributed by atoms with Crippen LogP contribution in [0.1, 0.15) is 35.7 Å². The van der Waals surface area contributed by atoms with Crippen molar-refractivity contribution in [3.8, 4) is 6.07 Å². The maximum Gasteiger partial charge on any atom is 0.272 e. The van der Waals surface area contributed by atoms with Crippen molar-refractivity contribution in [3.05, 3.63) is 63.1 Å². The molecule has 0 aliphatic rings. The Labute approximate surface area is 139 Å². The SMILES string of the molecule is CCCc1cc(=O)n2[nH]c(NCc3ccc(C)cc3)c(C#N)c2n1. The van der Waals surface area contributed by atoms with Crippen molar-refractivity contribution >= 4 is 11.5 Å². The fraction of sp³-hybridized carbons (Fsp3) is 0.278. The summed E-state index contributed by atoms with van der Waals surface area (Å²) >= 11 is 0. The number of nitrogens with one attached hydrogen (secondary N) is 2. The Morgan fingerprint density at radius 3 is 2.75 bits per heavy atom. The van der Waals surface area contributed by atoms with Gasteiger partial charge in [0.25, 0.3) is 5.56 Å². The first-order valence-corrected chi connectivity index (χ1v) is 7.96. The van der Waals surface area contributed by atoms with E-state index in [1.54, 1.807) is 0 Å². The number of hydrogen-bond acceptors (Lipinski definition) is 4. The molecule has 2 aromatic heterocycles. The maximum atomic E-state index is 12.2. The fourth-order valence-corrected chi connectivity index (χ4v) is 2.60. The minimum atomic E-state index is -0.205. The molecule has 0 bridgehead atoms. The summed E-state index contributed by atoms with van der Waals surface area (Å²) in [6, 6.07) is 11.8. The van der Waals surface area contributed by atoms with Gasteiger partial charge in [0.1, 0.15) is 17.5 Å². The fourth-order valence-electron chi connectivity index (χ4n) is 2.60. The van der Waals surface area contributed by atoms with Crippen LogP contribution in [0.2, 0.25) is 0 Å². The molecule has 0 fully saturated rings. The first kappa shape index (κ1) is 15.8. The van der Waals surface area contributed by atoms with Gasteiger partial charge in [-0.25, -0.2) is 4.98 Å². The molecule has 0 aliphatic heterocycles. The summed E-state index contributed by atoms with van der Waals surface area (Å²) in [7, 11) is 0. The van der Waals surface area contributed by atoms with Crippen LogP contribution in [-0.4, -0.2) is 14.6 Å². The van der Waals surface area contributed by atoms with Gasteiger partial charge in [-0.15, -0.1) is 0 Å². The number of aryl methyl sites for hydroxylation is 2. The van der Waals surface area contributed by atoms with E-state index >= 15 is 0 Å². The lowest BCUT2D eigenvalue weighted by molar-refractivity contribution is 0.839. The Hall–Kier alpha value is -3.07. The number of aromatic nitrogens is 3. The zero-order valence-electron chi connectivity index (χ0n) is 13.8. The molecule has 6 nitrogen and oxygen atoms in total. The van der Waals surface area contributed by atoms with Gasteiger partial charge in [-0.3, -0.25) is 9.89 Å². The molecule has 0 saturated heterocycles. The van der Waals surface area contributed by atoms with Gasteiger partial charge in [-0.05, 0) is 18.9 Å².